The number of nitrogens with one attached hydrogen (secondary N) is 2. The molecule has 0 aromatic carbocycles. The smallest absolute Gasteiger partial charge is 0.326 e. The van der Waals surface area contributed by atoms with Gasteiger partial charge in [-0.05, 0) is 49.5 Å². The van der Waals surface area contributed by atoms with Crippen molar-refractivity contribution in [3.05, 3.63) is 22.4 Å². The first-order valence-corrected chi connectivity index (χ1v) is 16.3. The number of β-amino-alcohol motifs (C(OH)–C–C–N with tert-alkyl or cyclic N) is 1. The molecule has 0 radical (unpaired) electrons. The largest absolute Gasteiger partial charge is 0.480 e. The van der Waals surface area contributed by atoms with Crippen molar-refractivity contribution in [3.63, 3.8) is 0 Å². The normalized spacial score (nSPS) is 25.6. The Hall–Kier alpha value is -3.76. The molecule has 2 saturated heterocycles. The Morgan fingerprint density at radius 3 is 2.56 bits per heavy atom. The summed E-state index contributed by atoms with van der Waals surface area (Å²) in [6.07, 6.45) is 3.92. The summed E-state index contributed by atoms with van der Waals surface area (Å²) in [6, 6.07) is -0.504. The van der Waals surface area contributed by atoms with Crippen LogP contribution in [0.15, 0.2) is 22.5 Å². The Balaban J connectivity index is 1.40. The first-order chi connectivity index (χ1) is 21.5. The monoisotopic (exact) mass is 648 g/mol. The van der Waals surface area contributed by atoms with Crippen LogP contribution in [0.2, 0.25) is 0 Å². The first kappa shape index (κ1) is 34.1. The zero-order chi connectivity index (χ0) is 32.7. The van der Waals surface area contributed by atoms with Crippen LogP contribution >= 0.6 is 11.3 Å². The Morgan fingerprint density at radius 2 is 1.87 bits per heavy atom. The minimum atomic E-state index is -1.21. The van der Waals surface area contributed by atoms with E-state index in [4.69, 9.17) is 17.2 Å². The molecule has 1 aromatic rings. The summed E-state index contributed by atoms with van der Waals surface area (Å²) < 4.78 is 0. The van der Waals surface area contributed by atoms with Gasteiger partial charge in [-0.25, -0.2) is 4.79 Å². The van der Waals surface area contributed by atoms with Crippen LogP contribution in [0.25, 0.3) is 0 Å². The highest BCUT2D eigenvalue weighted by Crippen LogP contribution is 2.41. The van der Waals surface area contributed by atoms with Gasteiger partial charge in [-0.15, -0.1) is 11.3 Å². The van der Waals surface area contributed by atoms with Crippen molar-refractivity contribution in [3.8, 4) is 0 Å². The summed E-state index contributed by atoms with van der Waals surface area (Å²) in [7, 11) is 0. The van der Waals surface area contributed by atoms with Gasteiger partial charge >= 0.3 is 5.97 Å². The van der Waals surface area contributed by atoms with Crippen LogP contribution in [-0.4, -0.2) is 112 Å². The molecule has 45 heavy (non-hydrogen) atoms. The molecular weight excluding hydrogens is 604 g/mol. The summed E-state index contributed by atoms with van der Waals surface area (Å²) in [5.41, 5.74) is 17.0. The van der Waals surface area contributed by atoms with E-state index >= 15 is 0 Å². The van der Waals surface area contributed by atoms with Crippen molar-refractivity contribution in [2.45, 2.75) is 94.1 Å². The fourth-order valence-electron chi connectivity index (χ4n) is 6.69. The van der Waals surface area contributed by atoms with Gasteiger partial charge in [0, 0.05) is 36.9 Å². The van der Waals surface area contributed by atoms with E-state index < -0.39 is 60.5 Å². The molecular formula is C29H44N8O7S. The van der Waals surface area contributed by atoms with Crippen LogP contribution in [0.5, 0.6) is 0 Å². The number of aliphatic hydroxyl groups is 1. The van der Waals surface area contributed by atoms with Gasteiger partial charge in [-0.2, -0.15) is 0 Å². The number of carboxylic acids is 1. The van der Waals surface area contributed by atoms with Gasteiger partial charge in [0.15, 0.2) is 5.96 Å². The van der Waals surface area contributed by atoms with Crippen molar-refractivity contribution < 1.29 is 34.2 Å². The topological polar surface area (TPSA) is 247 Å². The third kappa shape index (κ3) is 8.70. The van der Waals surface area contributed by atoms with Crippen LogP contribution in [0.1, 0.15) is 56.2 Å². The molecule has 10 N–H and O–H groups in total. The minimum Gasteiger partial charge on any atom is -0.480 e. The number of likely N-dealkylation sites (tertiary alicyclic amines) is 2. The number of hydrogen-bond acceptors (Lipinski definition) is 9. The number of amides is 4. The highest BCUT2D eigenvalue weighted by Gasteiger charge is 2.51. The summed E-state index contributed by atoms with van der Waals surface area (Å²) in [5.74, 6) is -3.24. The zero-order valence-corrected chi connectivity index (χ0v) is 26.0. The maximum absolute atomic E-state index is 14.0. The van der Waals surface area contributed by atoms with Gasteiger partial charge in [-0.3, -0.25) is 24.2 Å². The molecule has 1 saturated carbocycles. The number of hydrogen-bond donors (Lipinski definition) is 7. The van der Waals surface area contributed by atoms with E-state index in [1.165, 1.54) is 16.2 Å². The second-order valence-corrected chi connectivity index (χ2v) is 13.1. The first-order valence-electron chi connectivity index (χ1n) is 15.4. The highest BCUT2D eigenvalue weighted by atomic mass is 32.1. The van der Waals surface area contributed by atoms with Crippen LogP contribution in [0, 0.1) is 5.92 Å². The van der Waals surface area contributed by atoms with E-state index in [2.05, 4.69) is 15.6 Å². The molecule has 0 bridgehead atoms. The number of aliphatic imine (C=N–C) groups is 1. The van der Waals surface area contributed by atoms with Gasteiger partial charge in [0.1, 0.15) is 18.1 Å². The third-order valence-electron chi connectivity index (χ3n) is 8.82. The van der Waals surface area contributed by atoms with Crippen molar-refractivity contribution in [2.24, 2.45) is 28.1 Å². The van der Waals surface area contributed by atoms with Crippen LogP contribution < -0.4 is 27.8 Å². The molecule has 2 aliphatic heterocycles. The molecule has 4 rings (SSSR count). The number of rotatable bonds is 13. The molecule has 248 valence electrons. The van der Waals surface area contributed by atoms with E-state index in [1.807, 2.05) is 0 Å². The van der Waals surface area contributed by atoms with Gasteiger partial charge in [0.05, 0.1) is 18.7 Å². The number of thiophene rings is 1. The van der Waals surface area contributed by atoms with Gasteiger partial charge in [0.25, 0.3) is 0 Å². The van der Waals surface area contributed by atoms with Crippen LogP contribution in [0.3, 0.4) is 0 Å². The second kappa shape index (κ2) is 15.5. The average molecular weight is 649 g/mol. The van der Waals surface area contributed by atoms with E-state index in [-0.39, 0.29) is 43.2 Å². The molecule has 3 aliphatic rings. The number of aliphatic carboxylic acids is 1. The number of nitrogens with zero attached hydrogens (tertiary/aromatic N) is 3. The Morgan fingerprint density at radius 1 is 1.11 bits per heavy atom. The van der Waals surface area contributed by atoms with E-state index in [0.29, 0.717) is 25.8 Å². The lowest BCUT2D eigenvalue weighted by Gasteiger charge is -2.36. The summed E-state index contributed by atoms with van der Waals surface area (Å²) >= 11 is 1.37. The standard InChI is InChI=1S/C29H44N8O7S/c30-19(7-3-9-33-29(31)32)26(41)37-21-8-2-1-5-16(21)11-23(37)27(42)36-15-17(38)12-22(36)25(40)34-14-24(39)35-20(28(43)44)13-18-6-4-10-45-18/h4,6,10,16-17,19-23,38H,1-3,5,7-9,11-15,30H2,(H,34,40)(H,35,39)(H,43,44)(H4,31,32,33)/t16-,17+,19+,20-,21-,22-,23-/m0/s1. The molecule has 1 aromatic heterocycles. The predicted octanol–water partition coefficient (Wildman–Crippen LogP) is -1.52. The van der Waals surface area contributed by atoms with E-state index in [9.17, 15) is 34.2 Å². The molecule has 0 spiro atoms. The lowest BCUT2D eigenvalue weighted by molar-refractivity contribution is -0.149. The number of carboxylic acid groups (broad SMARTS) is 1. The number of guanidine groups is 1. The van der Waals surface area contributed by atoms with Crippen molar-refractivity contribution in [2.75, 3.05) is 19.6 Å². The van der Waals surface area contributed by atoms with Crippen molar-refractivity contribution in [1.29, 1.82) is 0 Å². The quantitative estimate of drug-likeness (QED) is 0.0739. The second-order valence-electron chi connectivity index (χ2n) is 12.0. The molecule has 3 heterocycles. The number of fused-ring (bicyclic) bond motifs is 1. The molecule has 1 aliphatic carbocycles. The van der Waals surface area contributed by atoms with E-state index in [0.717, 1.165) is 30.6 Å². The van der Waals surface area contributed by atoms with Crippen LogP contribution in [-0.2, 0) is 30.4 Å². The van der Waals surface area contributed by atoms with Crippen LogP contribution in [0.4, 0.5) is 0 Å². The maximum atomic E-state index is 14.0. The molecule has 3 fully saturated rings. The van der Waals surface area contributed by atoms with Gasteiger partial charge in [0.2, 0.25) is 23.6 Å². The molecule has 15 nitrogen and oxygen atoms in total. The lowest BCUT2D eigenvalue weighted by Crippen LogP contribution is -2.57. The molecule has 7 atom stereocenters. The fourth-order valence-corrected chi connectivity index (χ4v) is 7.44. The highest BCUT2D eigenvalue weighted by molar-refractivity contribution is 7.09. The number of aliphatic hydroxyl groups excluding tert-OH is 1. The summed E-state index contributed by atoms with van der Waals surface area (Å²) in [6.45, 7) is -0.276. The van der Waals surface area contributed by atoms with Crippen molar-refractivity contribution in [1.82, 2.24) is 20.4 Å². The van der Waals surface area contributed by atoms with Crippen molar-refractivity contribution >= 4 is 46.9 Å². The number of carbonyl (C=O) groups excluding carboxylic acids is 4. The zero-order valence-electron chi connectivity index (χ0n) is 25.2. The maximum Gasteiger partial charge on any atom is 0.326 e. The summed E-state index contributed by atoms with van der Waals surface area (Å²) in [4.78, 5) is 72.8. The Labute approximate surface area is 265 Å². The van der Waals surface area contributed by atoms with E-state index in [1.54, 1.807) is 22.4 Å². The lowest BCUT2D eigenvalue weighted by atomic mass is 9.84. The van der Waals surface area contributed by atoms with Gasteiger partial charge < -0.3 is 47.8 Å². The predicted molar refractivity (Wildman–Crippen MR) is 166 cm³/mol. The van der Waals surface area contributed by atoms with Gasteiger partial charge in [-0.1, -0.05) is 18.9 Å². The molecule has 0 unspecified atom stereocenters. The molecule has 4 amide bonds. The Bertz CT molecular complexity index is 1260. The minimum absolute atomic E-state index is 0.0346. The SMILES string of the molecule is NC(N)=NCCC[C@@H](N)C(=O)N1[C@H](C(=O)N2C[C@H](O)C[C@H]2C(=O)NCC(=O)N[C@@H](Cc2cccs2)C(=O)O)C[C@@H]2CCCC[C@@H]21. The Kier molecular flexibility index (Phi) is 11.7. The fraction of sp³-hybridized carbons (Fsp3) is 0.655. The summed E-state index contributed by atoms with van der Waals surface area (Å²) in [5, 5.41) is 26.7. The number of carbonyl (C=O) groups is 5. The average Bonchev–Trinajstić information content (AvgIpc) is 3.75. The third-order valence-corrected chi connectivity index (χ3v) is 9.72. The molecule has 16 heteroatoms. The number of nitrogens with two attached hydrogens (primary N) is 3.